The van der Waals surface area contributed by atoms with Crippen molar-refractivity contribution in [1.29, 1.82) is 0 Å². The first-order chi connectivity index (χ1) is 7.88. The molecule has 0 atom stereocenters. The van der Waals surface area contributed by atoms with E-state index in [1.807, 2.05) is 6.07 Å². The molecule has 0 aliphatic heterocycles. The van der Waals surface area contributed by atoms with E-state index in [4.69, 9.17) is 0 Å². The quantitative estimate of drug-likeness (QED) is 0.879. The highest BCUT2D eigenvalue weighted by Gasteiger charge is 2.18. The number of aromatic nitrogens is 3. The van der Waals surface area contributed by atoms with Crippen molar-refractivity contribution in [2.45, 2.75) is 26.2 Å². The van der Waals surface area contributed by atoms with Crippen LogP contribution in [0.25, 0.3) is 5.82 Å². The molecule has 0 aliphatic rings. The van der Waals surface area contributed by atoms with E-state index in [0.717, 1.165) is 10.2 Å². The molecule has 0 bridgehead atoms. The van der Waals surface area contributed by atoms with E-state index in [1.54, 1.807) is 18.3 Å². The lowest BCUT2D eigenvalue weighted by Gasteiger charge is -2.15. The van der Waals surface area contributed by atoms with E-state index in [-0.39, 0.29) is 11.0 Å². The lowest BCUT2D eigenvalue weighted by atomic mass is 9.93. The van der Waals surface area contributed by atoms with Crippen molar-refractivity contribution >= 4 is 15.9 Å². The minimum Gasteiger partial charge on any atom is -0.293 e. The molecular formula is C12H14BrN3O. The van der Waals surface area contributed by atoms with Gasteiger partial charge in [-0.1, -0.05) is 20.8 Å². The first kappa shape index (κ1) is 12.1. The molecule has 5 heteroatoms. The van der Waals surface area contributed by atoms with Crippen molar-refractivity contribution in [3.63, 3.8) is 0 Å². The number of nitrogens with one attached hydrogen (secondary N) is 1. The molecule has 0 aliphatic carbocycles. The van der Waals surface area contributed by atoms with E-state index in [2.05, 4.69) is 46.8 Å². The van der Waals surface area contributed by atoms with Crippen LogP contribution in [0.3, 0.4) is 0 Å². The molecule has 2 aromatic rings. The average molecular weight is 296 g/mol. The van der Waals surface area contributed by atoms with Gasteiger partial charge in [0.05, 0.1) is 0 Å². The summed E-state index contributed by atoms with van der Waals surface area (Å²) < 4.78 is 2.34. The molecule has 0 spiro atoms. The van der Waals surface area contributed by atoms with Gasteiger partial charge in [0.1, 0.15) is 0 Å². The molecule has 2 aromatic heterocycles. The standard InChI is InChI=1S/C12H14BrN3O/c1-12(2,3)9-6-11(17)16(15-9)10-5-4-8(13)7-14-10/h4-7,15H,1-3H3. The maximum atomic E-state index is 11.9. The van der Waals surface area contributed by atoms with Gasteiger partial charge >= 0.3 is 0 Å². The molecule has 90 valence electrons. The molecule has 1 N–H and O–H groups in total. The van der Waals surface area contributed by atoms with Gasteiger partial charge in [0, 0.05) is 27.8 Å². The second-order valence-corrected chi connectivity index (χ2v) is 5.84. The third-order valence-corrected chi connectivity index (χ3v) is 2.94. The largest absolute Gasteiger partial charge is 0.293 e. The lowest BCUT2D eigenvalue weighted by molar-refractivity contribution is 0.559. The van der Waals surface area contributed by atoms with Crippen molar-refractivity contribution in [1.82, 2.24) is 14.8 Å². The number of hydrogen-bond acceptors (Lipinski definition) is 2. The summed E-state index contributed by atoms with van der Waals surface area (Å²) in [7, 11) is 0. The van der Waals surface area contributed by atoms with E-state index in [0.29, 0.717) is 5.82 Å². The van der Waals surface area contributed by atoms with Crippen LogP contribution in [0.15, 0.2) is 33.7 Å². The Bertz CT molecular complexity index is 575. The van der Waals surface area contributed by atoms with Gasteiger partial charge < -0.3 is 0 Å². The zero-order valence-corrected chi connectivity index (χ0v) is 11.6. The van der Waals surface area contributed by atoms with Crippen molar-refractivity contribution < 1.29 is 0 Å². The van der Waals surface area contributed by atoms with Crippen LogP contribution in [0.4, 0.5) is 0 Å². The Morgan fingerprint density at radius 2 is 2.06 bits per heavy atom. The summed E-state index contributed by atoms with van der Waals surface area (Å²) in [5.74, 6) is 0.591. The number of nitrogens with zero attached hydrogens (tertiary/aromatic N) is 2. The molecule has 4 nitrogen and oxygen atoms in total. The van der Waals surface area contributed by atoms with Crippen LogP contribution < -0.4 is 5.56 Å². The zero-order chi connectivity index (χ0) is 12.6. The normalized spacial score (nSPS) is 11.8. The van der Waals surface area contributed by atoms with Crippen LogP contribution in [-0.2, 0) is 5.41 Å². The fourth-order valence-corrected chi connectivity index (χ4v) is 1.69. The molecule has 0 radical (unpaired) electrons. The van der Waals surface area contributed by atoms with Gasteiger partial charge in [-0.3, -0.25) is 9.89 Å². The van der Waals surface area contributed by atoms with Gasteiger partial charge in [0.2, 0.25) is 0 Å². The van der Waals surface area contributed by atoms with Gasteiger partial charge in [-0.25, -0.2) is 9.67 Å². The van der Waals surface area contributed by atoms with Crippen LogP contribution in [0, 0.1) is 0 Å². The van der Waals surface area contributed by atoms with Crippen molar-refractivity contribution in [2.75, 3.05) is 0 Å². The highest BCUT2D eigenvalue weighted by Crippen LogP contribution is 2.19. The zero-order valence-electron chi connectivity index (χ0n) is 9.99. The summed E-state index contributed by atoms with van der Waals surface area (Å²) in [6, 6.07) is 5.25. The predicted molar refractivity (Wildman–Crippen MR) is 70.6 cm³/mol. The Morgan fingerprint density at radius 1 is 1.35 bits per heavy atom. The van der Waals surface area contributed by atoms with Crippen LogP contribution in [-0.4, -0.2) is 14.8 Å². The number of halogens is 1. The first-order valence-electron chi connectivity index (χ1n) is 5.32. The van der Waals surface area contributed by atoms with E-state index < -0.39 is 0 Å². The molecule has 0 unspecified atom stereocenters. The second kappa shape index (κ2) is 4.14. The fraction of sp³-hybridized carbons (Fsp3) is 0.333. The van der Waals surface area contributed by atoms with Crippen molar-refractivity contribution in [3.05, 3.63) is 44.9 Å². The number of rotatable bonds is 1. The fourth-order valence-electron chi connectivity index (χ4n) is 1.45. The van der Waals surface area contributed by atoms with Gasteiger partial charge in [-0.2, -0.15) is 0 Å². The van der Waals surface area contributed by atoms with Crippen LogP contribution in [0.1, 0.15) is 26.5 Å². The SMILES string of the molecule is CC(C)(C)c1cc(=O)n(-c2ccc(Br)cn2)[nH]1. The highest BCUT2D eigenvalue weighted by atomic mass is 79.9. The van der Waals surface area contributed by atoms with Gasteiger partial charge in [-0.15, -0.1) is 0 Å². The molecule has 2 rings (SSSR count). The van der Waals surface area contributed by atoms with Crippen LogP contribution >= 0.6 is 15.9 Å². The molecule has 0 fully saturated rings. The lowest BCUT2D eigenvalue weighted by Crippen LogP contribution is -2.15. The summed E-state index contributed by atoms with van der Waals surface area (Å²) >= 11 is 3.31. The summed E-state index contributed by atoms with van der Waals surface area (Å²) in [4.78, 5) is 16.0. The van der Waals surface area contributed by atoms with Gasteiger partial charge in [0.15, 0.2) is 5.82 Å². The Kier molecular flexibility index (Phi) is 2.95. The molecule has 0 amide bonds. The highest BCUT2D eigenvalue weighted by molar-refractivity contribution is 9.10. The average Bonchev–Trinajstić information content (AvgIpc) is 2.61. The number of pyridine rings is 1. The molecule has 2 heterocycles. The molecular weight excluding hydrogens is 282 g/mol. The predicted octanol–water partition coefficient (Wildman–Crippen LogP) is 2.62. The van der Waals surface area contributed by atoms with Crippen molar-refractivity contribution in [3.8, 4) is 5.82 Å². The maximum absolute atomic E-state index is 11.9. The smallest absolute Gasteiger partial charge is 0.272 e. The number of aromatic amines is 1. The summed E-state index contributed by atoms with van der Waals surface area (Å²) in [6.07, 6.45) is 1.67. The van der Waals surface area contributed by atoms with Crippen molar-refractivity contribution in [2.24, 2.45) is 0 Å². The summed E-state index contributed by atoms with van der Waals surface area (Å²) in [5.41, 5.74) is 0.719. The maximum Gasteiger partial charge on any atom is 0.272 e. The van der Waals surface area contributed by atoms with Crippen LogP contribution in [0.2, 0.25) is 0 Å². The molecule has 0 saturated heterocycles. The minimum absolute atomic E-state index is 0.0836. The van der Waals surface area contributed by atoms with Crippen LogP contribution in [0.5, 0.6) is 0 Å². The van der Waals surface area contributed by atoms with Gasteiger partial charge in [0.25, 0.3) is 5.56 Å². The minimum atomic E-state index is -0.0928. The van der Waals surface area contributed by atoms with Gasteiger partial charge in [-0.05, 0) is 28.1 Å². The second-order valence-electron chi connectivity index (χ2n) is 4.93. The van der Waals surface area contributed by atoms with E-state index in [1.165, 1.54) is 4.68 Å². The number of H-pyrrole nitrogens is 1. The van der Waals surface area contributed by atoms with E-state index in [9.17, 15) is 4.79 Å². The first-order valence-corrected chi connectivity index (χ1v) is 6.12. The Labute approximate surface area is 108 Å². The van der Waals surface area contributed by atoms with E-state index >= 15 is 0 Å². The summed E-state index contributed by atoms with van der Waals surface area (Å²) in [6.45, 7) is 6.16. The third kappa shape index (κ3) is 2.49. The third-order valence-electron chi connectivity index (χ3n) is 2.47. The Hall–Kier alpha value is -1.36. The Balaban J connectivity index is 2.50. The topological polar surface area (TPSA) is 50.7 Å². The molecule has 0 aromatic carbocycles. The number of hydrogen-bond donors (Lipinski definition) is 1. The molecule has 0 saturated carbocycles. The summed E-state index contributed by atoms with van der Waals surface area (Å²) in [5, 5.41) is 3.08. The molecule has 17 heavy (non-hydrogen) atoms. The monoisotopic (exact) mass is 295 g/mol. The Morgan fingerprint density at radius 3 is 2.53 bits per heavy atom.